The molecule has 1 aromatic carbocycles. The van der Waals surface area contributed by atoms with Crippen LogP contribution in [0.4, 0.5) is 5.69 Å². The average Bonchev–Trinajstić information content (AvgIpc) is 2.95. The maximum atomic E-state index is 11.9. The van der Waals surface area contributed by atoms with Gasteiger partial charge >= 0.3 is 0 Å². The van der Waals surface area contributed by atoms with E-state index in [2.05, 4.69) is 5.32 Å². The van der Waals surface area contributed by atoms with E-state index < -0.39 is 0 Å². The SMILES string of the molecule is Cn1c(=O)cc(NCc2ccco2)c2ccccc21. The second kappa shape index (κ2) is 4.65. The van der Waals surface area contributed by atoms with Crippen molar-refractivity contribution in [3.8, 4) is 0 Å². The summed E-state index contributed by atoms with van der Waals surface area (Å²) in [5, 5.41) is 4.28. The zero-order valence-corrected chi connectivity index (χ0v) is 10.6. The predicted octanol–water partition coefficient (Wildman–Crippen LogP) is 2.74. The van der Waals surface area contributed by atoms with Crippen LogP contribution in [0.1, 0.15) is 5.76 Å². The molecule has 0 aliphatic carbocycles. The summed E-state index contributed by atoms with van der Waals surface area (Å²) < 4.78 is 6.92. The fourth-order valence-electron chi connectivity index (χ4n) is 2.15. The Bertz CT molecular complexity index is 757. The van der Waals surface area contributed by atoms with Crippen LogP contribution in [-0.4, -0.2) is 4.57 Å². The van der Waals surface area contributed by atoms with Gasteiger partial charge in [-0.2, -0.15) is 0 Å². The standard InChI is InChI=1S/C15H14N2O2/c1-17-14-7-3-2-6-12(14)13(9-15(17)18)16-10-11-5-4-8-19-11/h2-9,16H,10H2,1H3. The lowest BCUT2D eigenvalue weighted by atomic mass is 10.2. The van der Waals surface area contributed by atoms with Crippen LogP contribution < -0.4 is 10.9 Å². The minimum atomic E-state index is -0.0272. The molecule has 4 heteroatoms. The van der Waals surface area contributed by atoms with Gasteiger partial charge in [0.2, 0.25) is 0 Å². The van der Waals surface area contributed by atoms with Crippen molar-refractivity contribution in [2.24, 2.45) is 7.05 Å². The zero-order valence-electron chi connectivity index (χ0n) is 10.6. The van der Waals surface area contributed by atoms with E-state index in [0.29, 0.717) is 6.54 Å². The van der Waals surface area contributed by atoms with E-state index in [4.69, 9.17) is 4.42 Å². The van der Waals surface area contributed by atoms with E-state index in [1.54, 1.807) is 23.9 Å². The van der Waals surface area contributed by atoms with Crippen LogP contribution in [0.2, 0.25) is 0 Å². The molecule has 0 fully saturated rings. The third-order valence-electron chi connectivity index (χ3n) is 3.19. The van der Waals surface area contributed by atoms with Crippen molar-refractivity contribution in [3.63, 3.8) is 0 Å². The minimum Gasteiger partial charge on any atom is -0.467 e. The number of benzene rings is 1. The van der Waals surface area contributed by atoms with Gasteiger partial charge in [0.1, 0.15) is 5.76 Å². The number of furan rings is 1. The number of aryl methyl sites for hydroxylation is 1. The molecule has 0 unspecified atom stereocenters. The van der Waals surface area contributed by atoms with E-state index in [1.165, 1.54) is 0 Å². The number of hydrogen-bond donors (Lipinski definition) is 1. The molecule has 0 saturated heterocycles. The Morgan fingerprint density at radius 3 is 2.84 bits per heavy atom. The van der Waals surface area contributed by atoms with Crippen molar-refractivity contribution in [1.29, 1.82) is 0 Å². The Balaban J connectivity index is 2.03. The summed E-state index contributed by atoms with van der Waals surface area (Å²) in [6.07, 6.45) is 1.64. The van der Waals surface area contributed by atoms with Gasteiger partial charge in [0, 0.05) is 24.2 Å². The first kappa shape index (κ1) is 11.6. The van der Waals surface area contributed by atoms with Gasteiger partial charge in [0.25, 0.3) is 5.56 Å². The molecule has 1 N–H and O–H groups in total. The number of pyridine rings is 1. The summed E-state index contributed by atoms with van der Waals surface area (Å²) in [6.45, 7) is 0.560. The second-order valence-corrected chi connectivity index (χ2v) is 4.41. The molecule has 0 aliphatic heterocycles. The Hall–Kier alpha value is -2.49. The lowest BCUT2D eigenvalue weighted by molar-refractivity contribution is 0.518. The van der Waals surface area contributed by atoms with E-state index >= 15 is 0 Å². The Morgan fingerprint density at radius 1 is 1.21 bits per heavy atom. The summed E-state index contributed by atoms with van der Waals surface area (Å²) in [6, 6.07) is 13.2. The van der Waals surface area contributed by atoms with Crippen LogP contribution in [-0.2, 0) is 13.6 Å². The van der Waals surface area contributed by atoms with Crippen LogP contribution in [0.3, 0.4) is 0 Å². The van der Waals surface area contributed by atoms with Crippen molar-refractivity contribution >= 4 is 16.6 Å². The zero-order chi connectivity index (χ0) is 13.2. The molecule has 19 heavy (non-hydrogen) atoms. The molecule has 0 amide bonds. The van der Waals surface area contributed by atoms with Gasteiger partial charge in [-0.05, 0) is 18.2 Å². The number of nitrogens with zero attached hydrogens (tertiary/aromatic N) is 1. The van der Waals surface area contributed by atoms with Gasteiger partial charge in [0.05, 0.1) is 18.3 Å². The highest BCUT2D eigenvalue weighted by atomic mass is 16.3. The summed E-state index contributed by atoms with van der Waals surface area (Å²) in [7, 11) is 1.78. The van der Waals surface area contributed by atoms with Crippen LogP contribution in [0.15, 0.2) is 57.9 Å². The first-order valence-corrected chi connectivity index (χ1v) is 6.11. The Kier molecular flexibility index (Phi) is 2.83. The summed E-state index contributed by atoms with van der Waals surface area (Å²) in [4.78, 5) is 11.9. The topological polar surface area (TPSA) is 47.2 Å². The molecule has 0 aliphatic rings. The number of nitrogens with one attached hydrogen (secondary N) is 1. The number of aromatic nitrogens is 1. The molecule has 0 radical (unpaired) electrons. The number of hydrogen-bond acceptors (Lipinski definition) is 3. The number of para-hydroxylation sites is 1. The van der Waals surface area contributed by atoms with Crippen molar-refractivity contribution in [2.75, 3.05) is 5.32 Å². The number of rotatable bonds is 3. The normalized spacial score (nSPS) is 10.8. The highest BCUT2D eigenvalue weighted by molar-refractivity contribution is 5.91. The van der Waals surface area contributed by atoms with Gasteiger partial charge in [0.15, 0.2) is 0 Å². The average molecular weight is 254 g/mol. The first-order chi connectivity index (χ1) is 9.25. The van der Waals surface area contributed by atoms with Crippen LogP contribution in [0.25, 0.3) is 10.9 Å². The fraction of sp³-hybridized carbons (Fsp3) is 0.133. The maximum absolute atomic E-state index is 11.9. The highest BCUT2D eigenvalue weighted by Crippen LogP contribution is 2.21. The molecule has 2 heterocycles. The van der Waals surface area contributed by atoms with Crippen LogP contribution >= 0.6 is 0 Å². The Labute approximate surface area is 110 Å². The van der Waals surface area contributed by atoms with E-state index in [0.717, 1.165) is 22.4 Å². The maximum Gasteiger partial charge on any atom is 0.252 e. The Morgan fingerprint density at radius 2 is 2.05 bits per heavy atom. The second-order valence-electron chi connectivity index (χ2n) is 4.41. The van der Waals surface area contributed by atoms with E-state index in [-0.39, 0.29) is 5.56 Å². The quantitative estimate of drug-likeness (QED) is 0.781. The number of anilines is 1. The molecular formula is C15H14N2O2. The molecule has 2 aromatic heterocycles. The molecule has 3 rings (SSSR count). The molecular weight excluding hydrogens is 240 g/mol. The van der Waals surface area contributed by atoms with Crippen LogP contribution in [0, 0.1) is 0 Å². The summed E-state index contributed by atoms with van der Waals surface area (Å²) in [5.74, 6) is 0.838. The molecule has 96 valence electrons. The van der Waals surface area contributed by atoms with Gasteiger partial charge in [-0.15, -0.1) is 0 Å². The summed E-state index contributed by atoms with van der Waals surface area (Å²) >= 11 is 0. The molecule has 0 bridgehead atoms. The third-order valence-corrected chi connectivity index (χ3v) is 3.19. The minimum absolute atomic E-state index is 0.0272. The predicted molar refractivity (Wildman–Crippen MR) is 75.2 cm³/mol. The third kappa shape index (κ3) is 2.12. The summed E-state index contributed by atoms with van der Waals surface area (Å²) in [5.41, 5.74) is 1.72. The molecule has 3 aromatic rings. The van der Waals surface area contributed by atoms with Crippen LogP contribution in [0.5, 0.6) is 0 Å². The van der Waals surface area contributed by atoms with Crippen molar-refractivity contribution < 1.29 is 4.42 Å². The fourth-order valence-corrected chi connectivity index (χ4v) is 2.15. The largest absolute Gasteiger partial charge is 0.467 e. The van der Waals surface area contributed by atoms with Crippen molar-refractivity contribution in [1.82, 2.24) is 4.57 Å². The lowest BCUT2D eigenvalue weighted by Crippen LogP contribution is -2.17. The molecule has 0 saturated carbocycles. The molecule has 0 atom stereocenters. The monoisotopic (exact) mass is 254 g/mol. The number of fused-ring (bicyclic) bond motifs is 1. The smallest absolute Gasteiger partial charge is 0.252 e. The van der Waals surface area contributed by atoms with Gasteiger partial charge in [-0.3, -0.25) is 4.79 Å². The van der Waals surface area contributed by atoms with E-state index in [9.17, 15) is 4.79 Å². The molecule has 0 spiro atoms. The lowest BCUT2D eigenvalue weighted by Gasteiger charge is -2.11. The van der Waals surface area contributed by atoms with Crippen molar-refractivity contribution in [2.45, 2.75) is 6.54 Å². The van der Waals surface area contributed by atoms with Gasteiger partial charge in [-0.1, -0.05) is 18.2 Å². The van der Waals surface area contributed by atoms with E-state index in [1.807, 2.05) is 36.4 Å². The van der Waals surface area contributed by atoms with Gasteiger partial charge in [-0.25, -0.2) is 0 Å². The van der Waals surface area contributed by atoms with Gasteiger partial charge < -0.3 is 14.3 Å². The first-order valence-electron chi connectivity index (χ1n) is 6.11. The van der Waals surface area contributed by atoms with Crippen molar-refractivity contribution in [3.05, 3.63) is 64.8 Å². The molecule has 4 nitrogen and oxygen atoms in total. The highest BCUT2D eigenvalue weighted by Gasteiger charge is 2.06.